The molecule has 246 valence electrons. The molecule has 0 saturated carbocycles. The lowest BCUT2D eigenvalue weighted by Gasteiger charge is -2.17. The van der Waals surface area contributed by atoms with E-state index >= 15 is 0 Å². The highest BCUT2D eigenvalue weighted by molar-refractivity contribution is 5.90. The largest absolute Gasteiger partial charge is 0.436 e. The molecule has 0 spiro atoms. The molecule has 0 aliphatic rings. The Hall–Kier alpha value is -5.34. The van der Waals surface area contributed by atoms with E-state index in [2.05, 4.69) is 15.0 Å². The van der Waals surface area contributed by atoms with Gasteiger partial charge in [0.1, 0.15) is 16.6 Å². The zero-order chi connectivity index (χ0) is 34.5. The molecule has 0 aliphatic heterocycles. The predicted octanol–water partition coefficient (Wildman–Crippen LogP) is 11.1. The second-order valence-corrected chi connectivity index (χ2v) is 11.1. The van der Waals surface area contributed by atoms with Crippen molar-refractivity contribution in [3.63, 3.8) is 0 Å². The molecular formula is C33H18F9N3O3. The van der Waals surface area contributed by atoms with E-state index < -0.39 is 35.2 Å². The number of benzene rings is 4. The summed E-state index contributed by atoms with van der Waals surface area (Å²) in [4.78, 5) is 13.2. The first-order chi connectivity index (χ1) is 22.4. The van der Waals surface area contributed by atoms with Gasteiger partial charge in [-0.05, 0) is 92.1 Å². The first-order valence-electron chi connectivity index (χ1n) is 14.0. The van der Waals surface area contributed by atoms with Crippen LogP contribution in [0.5, 0.6) is 0 Å². The smallest absolute Gasteiger partial charge is 0.416 e. The van der Waals surface area contributed by atoms with Gasteiger partial charge in [-0.2, -0.15) is 39.5 Å². The van der Waals surface area contributed by atoms with Gasteiger partial charge in [-0.15, -0.1) is 0 Å². The average Bonchev–Trinajstić information content (AvgIpc) is 3.70. The minimum atomic E-state index is -4.66. The lowest BCUT2D eigenvalue weighted by atomic mass is 9.87. The van der Waals surface area contributed by atoms with Gasteiger partial charge in [0.15, 0.2) is 16.7 Å². The molecule has 0 aliphatic carbocycles. The third-order valence-corrected chi connectivity index (χ3v) is 8.04. The summed E-state index contributed by atoms with van der Waals surface area (Å²) in [5.74, 6) is -0.353. The van der Waals surface area contributed by atoms with Gasteiger partial charge in [0.05, 0.1) is 16.7 Å². The molecule has 0 radical (unpaired) electrons. The van der Waals surface area contributed by atoms with Gasteiger partial charge in [-0.1, -0.05) is 0 Å². The van der Waals surface area contributed by atoms with Gasteiger partial charge >= 0.3 is 18.5 Å². The number of aromatic nitrogens is 3. The summed E-state index contributed by atoms with van der Waals surface area (Å²) in [5, 5.41) is 0. The Morgan fingerprint density at radius 1 is 0.417 bits per heavy atom. The number of fused-ring (bicyclic) bond motifs is 3. The van der Waals surface area contributed by atoms with Crippen molar-refractivity contribution in [2.45, 2.75) is 39.3 Å². The minimum absolute atomic E-state index is 0.101. The second kappa shape index (κ2) is 10.3. The Labute approximate surface area is 262 Å². The fraction of sp³-hybridized carbons (Fsp3) is 0.182. The van der Waals surface area contributed by atoms with Crippen LogP contribution >= 0.6 is 0 Å². The molecule has 0 atom stereocenters. The summed E-state index contributed by atoms with van der Waals surface area (Å²) in [6.07, 6.45) is -14.0. The molecule has 0 saturated heterocycles. The van der Waals surface area contributed by atoms with Crippen molar-refractivity contribution in [3.05, 3.63) is 88.0 Å². The lowest BCUT2D eigenvalue weighted by molar-refractivity contribution is -0.138. The van der Waals surface area contributed by atoms with Gasteiger partial charge < -0.3 is 13.3 Å². The highest BCUT2D eigenvalue weighted by Gasteiger charge is 2.34. The Morgan fingerprint density at radius 3 is 0.896 bits per heavy atom. The molecule has 4 aromatic carbocycles. The fourth-order valence-corrected chi connectivity index (χ4v) is 5.80. The molecule has 7 aromatic rings. The van der Waals surface area contributed by atoms with E-state index in [0.717, 1.165) is 54.6 Å². The van der Waals surface area contributed by atoms with Crippen LogP contribution in [0, 0.1) is 20.8 Å². The number of oxazole rings is 3. The van der Waals surface area contributed by atoms with Crippen LogP contribution in [-0.4, -0.2) is 15.0 Å². The molecule has 0 bridgehead atoms. The molecule has 6 nitrogen and oxygen atoms in total. The normalized spacial score (nSPS) is 13.0. The fourth-order valence-electron chi connectivity index (χ4n) is 5.80. The SMILES string of the molecule is Cc1c(-c2nc3ccc(C(F)(F)F)cc3o2)c(C)c(-c2nc3ccc(C(F)(F)F)cc3o2)c(C)c1-c1nc2ccc(C(F)(F)F)cc2o1. The standard InChI is InChI=1S/C33H18F9N3O3/c1-13-25(28-43-19-7-4-16(31(34,35)36)10-22(19)46-28)14(2)27(30-45-21-9-6-18(33(40,41)42)12-24(21)48-30)15(3)26(13)29-44-20-8-5-17(32(37,38)39)11-23(20)47-29/h4-12H,1-3H3. The number of hydrogen-bond acceptors (Lipinski definition) is 6. The maximum absolute atomic E-state index is 13.4. The van der Waals surface area contributed by atoms with Crippen LogP contribution in [0.1, 0.15) is 33.4 Å². The number of nitrogens with zero attached hydrogens (tertiary/aromatic N) is 3. The summed E-state index contributed by atoms with van der Waals surface area (Å²) in [6, 6.07) is 8.36. The topological polar surface area (TPSA) is 78.1 Å². The molecule has 0 amide bonds. The number of alkyl halides is 9. The van der Waals surface area contributed by atoms with Crippen molar-refractivity contribution in [1.29, 1.82) is 0 Å². The van der Waals surface area contributed by atoms with Gasteiger partial charge in [0.25, 0.3) is 0 Å². The lowest BCUT2D eigenvalue weighted by Crippen LogP contribution is -2.03. The maximum atomic E-state index is 13.4. The van der Waals surface area contributed by atoms with E-state index in [0.29, 0.717) is 16.7 Å². The molecule has 7 rings (SSSR count). The number of hydrogen-bond donors (Lipinski definition) is 0. The van der Waals surface area contributed by atoms with E-state index in [-0.39, 0.29) is 67.7 Å². The van der Waals surface area contributed by atoms with Crippen molar-refractivity contribution in [2.75, 3.05) is 0 Å². The zero-order valence-electron chi connectivity index (χ0n) is 24.7. The average molecular weight is 676 g/mol. The van der Waals surface area contributed by atoms with Gasteiger partial charge in [0.2, 0.25) is 17.7 Å². The monoisotopic (exact) mass is 675 g/mol. The number of halogens is 9. The summed E-state index contributed by atoms with van der Waals surface area (Å²) in [7, 11) is 0. The quantitative estimate of drug-likeness (QED) is 0.174. The van der Waals surface area contributed by atoms with Crippen LogP contribution in [-0.2, 0) is 18.5 Å². The van der Waals surface area contributed by atoms with Crippen LogP contribution in [0.4, 0.5) is 39.5 Å². The molecular weight excluding hydrogens is 657 g/mol. The van der Waals surface area contributed by atoms with Gasteiger partial charge in [-0.25, -0.2) is 15.0 Å². The zero-order valence-corrected chi connectivity index (χ0v) is 24.7. The second-order valence-electron chi connectivity index (χ2n) is 11.1. The molecule has 3 aromatic heterocycles. The Morgan fingerprint density at radius 2 is 0.667 bits per heavy atom. The van der Waals surface area contributed by atoms with Crippen LogP contribution < -0.4 is 0 Å². The highest BCUT2D eigenvalue weighted by atomic mass is 19.4. The van der Waals surface area contributed by atoms with E-state index in [1.54, 1.807) is 20.8 Å². The Bertz CT molecular complexity index is 2120. The molecule has 0 fully saturated rings. The van der Waals surface area contributed by atoms with Gasteiger partial charge in [-0.3, -0.25) is 0 Å². The summed E-state index contributed by atoms with van der Waals surface area (Å²) in [5.41, 5.74) is -1.25. The molecule has 48 heavy (non-hydrogen) atoms. The molecule has 3 heterocycles. The van der Waals surface area contributed by atoms with Crippen LogP contribution in [0.15, 0.2) is 67.8 Å². The van der Waals surface area contributed by atoms with E-state index in [4.69, 9.17) is 13.3 Å². The third kappa shape index (κ3) is 5.13. The summed E-state index contributed by atoms with van der Waals surface area (Å²) in [6.45, 7) is 4.84. The van der Waals surface area contributed by atoms with E-state index in [9.17, 15) is 39.5 Å². The molecule has 15 heteroatoms. The van der Waals surface area contributed by atoms with Crippen LogP contribution in [0.3, 0.4) is 0 Å². The van der Waals surface area contributed by atoms with Crippen LogP contribution in [0.25, 0.3) is 67.7 Å². The van der Waals surface area contributed by atoms with Gasteiger partial charge in [0, 0.05) is 16.7 Å². The minimum Gasteiger partial charge on any atom is -0.436 e. The van der Waals surface area contributed by atoms with Crippen molar-refractivity contribution >= 4 is 33.3 Å². The Balaban J connectivity index is 1.50. The first-order valence-corrected chi connectivity index (χ1v) is 14.0. The molecule has 0 N–H and O–H groups in total. The third-order valence-electron chi connectivity index (χ3n) is 8.04. The van der Waals surface area contributed by atoms with E-state index in [1.165, 1.54) is 0 Å². The molecule has 0 unspecified atom stereocenters. The maximum Gasteiger partial charge on any atom is 0.416 e. The predicted molar refractivity (Wildman–Crippen MR) is 155 cm³/mol. The van der Waals surface area contributed by atoms with E-state index in [1.807, 2.05) is 0 Å². The van der Waals surface area contributed by atoms with Crippen molar-refractivity contribution in [2.24, 2.45) is 0 Å². The van der Waals surface area contributed by atoms with Crippen LogP contribution in [0.2, 0.25) is 0 Å². The summed E-state index contributed by atoms with van der Waals surface area (Å²) < 4.78 is 138. The van der Waals surface area contributed by atoms with Crippen molar-refractivity contribution in [3.8, 4) is 34.4 Å². The Kier molecular flexibility index (Phi) is 6.73. The highest BCUT2D eigenvalue weighted by Crippen LogP contribution is 2.46. The summed E-state index contributed by atoms with van der Waals surface area (Å²) >= 11 is 0. The first kappa shape index (κ1) is 31.3. The van der Waals surface area contributed by atoms with Crippen molar-refractivity contribution in [1.82, 2.24) is 15.0 Å². The van der Waals surface area contributed by atoms with Crippen molar-refractivity contribution < 1.29 is 52.8 Å². The number of rotatable bonds is 3.